The van der Waals surface area contributed by atoms with Crippen LogP contribution in [0.4, 0.5) is 4.39 Å². The van der Waals surface area contributed by atoms with E-state index >= 15 is 0 Å². The van der Waals surface area contributed by atoms with Gasteiger partial charge in [-0.2, -0.15) is 0 Å². The van der Waals surface area contributed by atoms with Gasteiger partial charge in [0.15, 0.2) is 6.29 Å². The summed E-state index contributed by atoms with van der Waals surface area (Å²) >= 11 is 0. The van der Waals surface area contributed by atoms with Crippen molar-refractivity contribution in [1.29, 1.82) is 0 Å². The Morgan fingerprint density at radius 1 is 1.45 bits per heavy atom. The fourth-order valence-corrected chi connectivity index (χ4v) is 3.71. The minimum absolute atomic E-state index is 0.0810. The highest BCUT2D eigenvalue weighted by molar-refractivity contribution is 6.61. The maximum absolute atomic E-state index is 13.3. The molecule has 4 N–H and O–H groups in total. The van der Waals surface area contributed by atoms with Gasteiger partial charge in [-0.3, -0.25) is 20.1 Å². The molecule has 0 saturated carbocycles. The molecule has 2 heterocycles. The number of aldehydes is 1. The molecular formula is C19H25BFN3O5. The lowest BCUT2D eigenvalue weighted by molar-refractivity contribution is -0.125. The quantitative estimate of drug-likeness (QED) is 0.235. The van der Waals surface area contributed by atoms with Gasteiger partial charge in [-0.1, -0.05) is 6.07 Å². The first-order chi connectivity index (χ1) is 13.8. The second kappa shape index (κ2) is 9.02. The van der Waals surface area contributed by atoms with Crippen LogP contribution in [0.15, 0.2) is 18.2 Å². The summed E-state index contributed by atoms with van der Waals surface area (Å²) in [5.74, 6) is -2.84. The number of nitrogens with two attached hydrogens (primary N) is 1. The summed E-state index contributed by atoms with van der Waals surface area (Å²) in [7, 11) is -1.04. The highest BCUT2D eigenvalue weighted by Crippen LogP contribution is 2.21. The van der Waals surface area contributed by atoms with E-state index in [1.54, 1.807) is 18.2 Å². The summed E-state index contributed by atoms with van der Waals surface area (Å²) in [5.41, 5.74) is 6.94. The van der Waals surface area contributed by atoms with Crippen LogP contribution in [0.2, 0.25) is 0 Å². The largest absolute Gasteiger partial charge is 0.491 e. The molecule has 1 saturated heterocycles. The third-order valence-electron chi connectivity index (χ3n) is 5.35. The molecule has 1 unspecified atom stereocenters. The minimum atomic E-state index is -2.33. The molecule has 2 atom stereocenters. The topological polar surface area (TPSA) is 122 Å². The van der Waals surface area contributed by atoms with Crippen LogP contribution in [0.5, 0.6) is 0 Å². The Morgan fingerprint density at radius 3 is 3.00 bits per heavy atom. The number of halogens is 1. The first-order valence-corrected chi connectivity index (χ1v) is 9.78. The van der Waals surface area contributed by atoms with Crippen molar-refractivity contribution in [2.24, 2.45) is 5.73 Å². The van der Waals surface area contributed by atoms with Crippen molar-refractivity contribution >= 4 is 30.7 Å². The van der Waals surface area contributed by atoms with E-state index in [9.17, 15) is 23.8 Å². The second-order valence-electron chi connectivity index (χ2n) is 7.53. The molecule has 0 bridgehead atoms. The minimum Gasteiger partial charge on any atom is -0.423 e. The lowest BCUT2D eigenvalue weighted by Crippen LogP contribution is -2.46. The molecule has 156 valence electrons. The van der Waals surface area contributed by atoms with Gasteiger partial charge in [0.25, 0.3) is 5.91 Å². The summed E-state index contributed by atoms with van der Waals surface area (Å²) in [4.78, 5) is 37.4. The number of nitrogens with one attached hydrogen (secondary N) is 1. The number of nitrogens with zero attached hydrogens (tertiary/aromatic N) is 1. The van der Waals surface area contributed by atoms with Gasteiger partial charge in [-0.05, 0) is 48.8 Å². The van der Waals surface area contributed by atoms with Gasteiger partial charge in [0.05, 0.1) is 6.61 Å². The highest BCUT2D eigenvalue weighted by atomic mass is 19.1. The Kier molecular flexibility index (Phi) is 6.66. The lowest BCUT2D eigenvalue weighted by atomic mass is 9.78. The Morgan fingerprint density at radius 2 is 2.24 bits per heavy atom. The van der Waals surface area contributed by atoms with Gasteiger partial charge in [0.1, 0.15) is 6.04 Å². The SMILES string of the molecule is N[C@](F)(C=O)CCCCNC(=O)C1CCCN1C(=O)c1ccc2c(c1)B(O)OC2. The average molecular weight is 405 g/mol. The smallest absolute Gasteiger partial charge is 0.423 e. The summed E-state index contributed by atoms with van der Waals surface area (Å²) in [6.07, 6.45) is 2.10. The fraction of sp³-hybridized carbons (Fsp3) is 0.526. The number of benzene rings is 1. The zero-order chi connectivity index (χ0) is 21.0. The number of carbonyl (C=O) groups excluding carboxylic acids is 3. The number of hydrogen-bond donors (Lipinski definition) is 3. The Labute approximate surface area is 168 Å². The molecule has 0 aliphatic carbocycles. The second-order valence-corrected chi connectivity index (χ2v) is 7.53. The van der Waals surface area contributed by atoms with Crippen LogP contribution >= 0.6 is 0 Å². The molecule has 2 amide bonds. The van der Waals surface area contributed by atoms with Crippen molar-refractivity contribution in [3.63, 3.8) is 0 Å². The van der Waals surface area contributed by atoms with Gasteiger partial charge < -0.3 is 19.9 Å². The van der Waals surface area contributed by atoms with E-state index in [1.807, 2.05) is 0 Å². The molecule has 2 aliphatic heterocycles. The number of unbranched alkanes of at least 4 members (excludes halogenated alkanes) is 1. The molecule has 3 rings (SSSR count). The van der Waals surface area contributed by atoms with E-state index in [2.05, 4.69) is 5.32 Å². The van der Waals surface area contributed by atoms with E-state index in [0.29, 0.717) is 50.0 Å². The van der Waals surface area contributed by atoms with Crippen molar-refractivity contribution in [3.05, 3.63) is 29.3 Å². The number of carbonyl (C=O) groups is 3. The molecule has 8 nitrogen and oxygen atoms in total. The molecule has 1 fully saturated rings. The van der Waals surface area contributed by atoms with Crippen molar-refractivity contribution < 1.29 is 28.5 Å². The number of rotatable bonds is 8. The van der Waals surface area contributed by atoms with Crippen molar-refractivity contribution in [3.8, 4) is 0 Å². The van der Waals surface area contributed by atoms with Crippen LogP contribution in [0.1, 0.15) is 48.0 Å². The standard InChI is InChI=1S/C19H25BFN3O5/c21-19(22,12-25)7-1-2-8-23-17(26)16-4-3-9-24(16)18(27)13-5-6-14-11-29-20(28)15(14)10-13/h5-6,10,12,16,28H,1-4,7-9,11,22H2,(H,23,26)/t16?,19-/m0/s1. The molecule has 29 heavy (non-hydrogen) atoms. The number of hydrogen-bond acceptors (Lipinski definition) is 6. The zero-order valence-corrected chi connectivity index (χ0v) is 16.1. The third-order valence-corrected chi connectivity index (χ3v) is 5.35. The van der Waals surface area contributed by atoms with E-state index in [0.717, 1.165) is 12.0 Å². The predicted octanol–water partition coefficient (Wildman–Crippen LogP) is -0.381. The van der Waals surface area contributed by atoms with Gasteiger partial charge in [-0.25, -0.2) is 4.39 Å². The molecule has 0 radical (unpaired) electrons. The predicted molar refractivity (Wildman–Crippen MR) is 104 cm³/mol. The summed E-state index contributed by atoms with van der Waals surface area (Å²) < 4.78 is 18.5. The lowest BCUT2D eigenvalue weighted by Gasteiger charge is -2.24. The van der Waals surface area contributed by atoms with Crippen molar-refractivity contribution in [1.82, 2.24) is 10.2 Å². The highest BCUT2D eigenvalue weighted by Gasteiger charge is 2.35. The first kappa shape index (κ1) is 21.4. The van der Waals surface area contributed by atoms with Crippen LogP contribution in [-0.2, 0) is 20.9 Å². The van der Waals surface area contributed by atoms with Crippen molar-refractivity contribution in [2.75, 3.05) is 13.1 Å². The van der Waals surface area contributed by atoms with Gasteiger partial charge in [-0.15, -0.1) is 0 Å². The first-order valence-electron chi connectivity index (χ1n) is 9.78. The fourth-order valence-electron chi connectivity index (χ4n) is 3.71. The Balaban J connectivity index is 1.54. The zero-order valence-electron chi connectivity index (χ0n) is 16.1. The molecule has 0 spiro atoms. The van der Waals surface area contributed by atoms with E-state index in [-0.39, 0.29) is 24.5 Å². The van der Waals surface area contributed by atoms with Gasteiger partial charge in [0.2, 0.25) is 11.7 Å². The Hall–Kier alpha value is -2.30. The maximum Gasteiger partial charge on any atom is 0.491 e. The molecular weight excluding hydrogens is 380 g/mol. The van der Waals surface area contributed by atoms with E-state index < -0.39 is 19.0 Å². The van der Waals surface area contributed by atoms with E-state index in [1.165, 1.54) is 4.90 Å². The van der Waals surface area contributed by atoms with Crippen LogP contribution in [0.3, 0.4) is 0 Å². The number of likely N-dealkylation sites (tertiary alicyclic amines) is 1. The number of amides is 2. The average Bonchev–Trinajstić information content (AvgIpc) is 3.34. The monoisotopic (exact) mass is 405 g/mol. The molecule has 1 aromatic carbocycles. The third kappa shape index (κ3) is 5.01. The van der Waals surface area contributed by atoms with Gasteiger partial charge >= 0.3 is 7.12 Å². The van der Waals surface area contributed by atoms with Crippen LogP contribution < -0.4 is 16.5 Å². The van der Waals surface area contributed by atoms with E-state index in [4.69, 9.17) is 10.4 Å². The van der Waals surface area contributed by atoms with Gasteiger partial charge in [0, 0.05) is 25.1 Å². The molecule has 1 aromatic rings. The normalized spacial score (nSPS) is 20.3. The maximum atomic E-state index is 13.3. The molecule has 2 aliphatic rings. The Bertz CT molecular complexity index is 791. The summed E-state index contributed by atoms with van der Waals surface area (Å²) in [5, 5.41) is 12.6. The summed E-state index contributed by atoms with van der Waals surface area (Å²) in [6, 6.07) is 4.48. The number of alkyl halides is 1. The summed E-state index contributed by atoms with van der Waals surface area (Å²) in [6.45, 7) is 1.10. The number of fused-ring (bicyclic) bond motifs is 1. The molecule has 0 aromatic heterocycles. The van der Waals surface area contributed by atoms with Crippen LogP contribution in [-0.4, -0.2) is 60.1 Å². The molecule has 10 heteroatoms. The van der Waals surface area contributed by atoms with Crippen LogP contribution in [0.25, 0.3) is 0 Å². The van der Waals surface area contributed by atoms with Crippen LogP contribution in [0, 0.1) is 0 Å². The van der Waals surface area contributed by atoms with Crippen molar-refractivity contribution in [2.45, 2.75) is 50.5 Å².